The lowest BCUT2D eigenvalue weighted by atomic mass is 9.68. The van der Waals surface area contributed by atoms with Crippen LogP contribution in [0.2, 0.25) is 0 Å². The fourth-order valence-corrected chi connectivity index (χ4v) is 10.5. The Balaban J connectivity index is 0.000000186. The molecule has 74 heavy (non-hydrogen) atoms. The van der Waals surface area contributed by atoms with Crippen molar-refractivity contribution in [2.24, 2.45) is 5.92 Å². The van der Waals surface area contributed by atoms with Gasteiger partial charge in [0.25, 0.3) is 0 Å². The number of phenols is 6. The van der Waals surface area contributed by atoms with Crippen LogP contribution in [-0.2, 0) is 31.3 Å². The molecule has 400 valence electrons. The number of fused-ring (bicyclic) bond motifs is 6. The molecule has 0 bridgehead atoms. The van der Waals surface area contributed by atoms with Crippen molar-refractivity contribution in [3.05, 3.63) is 128 Å². The van der Waals surface area contributed by atoms with Crippen LogP contribution in [0.5, 0.6) is 46.0 Å². The lowest BCUT2D eigenvalue weighted by Gasteiger charge is -2.46. The van der Waals surface area contributed by atoms with E-state index in [9.17, 15) is 40.2 Å². The zero-order valence-electron chi connectivity index (χ0n) is 45.2. The van der Waals surface area contributed by atoms with E-state index in [2.05, 4.69) is 98.7 Å². The molecule has 2 unspecified atom stereocenters. The van der Waals surface area contributed by atoms with E-state index in [1.165, 1.54) is 41.7 Å². The summed E-state index contributed by atoms with van der Waals surface area (Å²) in [6.45, 7) is 21.1. The normalized spacial score (nSPS) is 16.2. The van der Waals surface area contributed by atoms with Crippen molar-refractivity contribution in [2.75, 3.05) is 0 Å². The van der Waals surface area contributed by atoms with E-state index >= 15 is 0 Å². The zero-order valence-corrected chi connectivity index (χ0v) is 45.2. The third-order valence-electron chi connectivity index (χ3n) is 14.1. The molecule has 0 radical (unpaired) electrons. The number of carboxylic acids is 2. The van der Waals surface area contributed by atoms with E-state index in [0.717, 1.165) is 116 Å². The highest BCUT2D eigenvalue weighted by atomic mass is 16.5. The first-order valence-corrected chi connectivity index (χ1v) is 26.4. The maximum absolute atomic E-state index is 10.9. The topological polar surface area (TPSA) is 214 Å². The zero-order chi connectivity index (χ0) is 54.7. The van der Waals surface area contributed by atoms with Crippen molar-refractivity contribution in [2.45, 2.75) is 176 Å². The molecule has 0 saturated heterocycles. The van der Waals surface area contributed by atoms with Gasteiger partial charge in [0.1, 0.15) is 68.3 Å². The van der Waals surface area contributed by atoms with Crippen molar-refractivity contribution < 1.29 is 59.9 Å². The summed E-state index contributed by atoms with van der Waals surface area (Å²) in [6.07, 6.45) is 15.9. The summed E-state index contributed by atoms with van der Waals surface area (Å²) >= 11 is 0. The standard InChI is InChI=1S/C21H26O2.C19H26O2.C12H16O4.C10H12O4/c1-5-6-7-8-15-12-18(22)20-16-11-14(2)9-10-17(16)21(3,4)23-19(20)13-15;1-5-6-13-10-16(20)18-14-9-12(2)7-8-15(14)19(3,4)21-17(18)11-13;1-2-3-4-5-8-6-9(13)7-10(14)11(8)12(15)16;1-2-3-6-4-7(11)5-8(12)9(6)10(13)14/h9-13,22H,5-8H2,1-4H3;9-11,14-15,20H,5-8H2,1-4H3;6-7,13-14H,2-5H2,1H3,(H,15,16);4-5,11-12H,2-3H2,1H3,(H,13,14). The summed E-state index contributed by atoms with van der Waals surface area (Å²) in [6, 6.07) is 19.3. The molecule has 5 aromatic carbocycles. The molecule has 1 aliphatic carbocycles. The summed E-state index contributed by atoms with van der Waals surface area (Å²) in [5.74, 6) is -0.163. The Bertz CT molecular complexity index is 2800. The Kier molecular flexibility index (Phi) is 19.9. The number of benzene rings is 5. The van der Waals surface area contributed by atoms with Crippen LogP contribution in [0.4, 0.5) is 0 Å². The number of hydrogen-bond donors (Lipinski definition) is 8. The summed E-state index contributed by atoms with van der Waals surface area (Å²) in [5.41, 5.74) is 9.15. The minimum atomic E-state index is -1.18. The first-order valence-electron chi connectivity index (χ1n) is 26.4. The molecule has 12 heteroatoms. The highest BCUT2D eigenvalue weighted by Crippen LogP contribution is 2.54. The van der Waals surface area contributed by atoms with Gasteiger partial charge in [0.15, 0.2) is 0 Å². The van der Waals surface area contributed by atoms with Gasteiger partial charge >= 0.3 is 11.9 Å². The number of ether oxygens (including phenoxy) is 2. The third-order valence-corrected chi connectivity index (χ3v) is 14.1. The minimum Gasteiger partial charge on any atom is -0.508 e. The minimum absolute atomic E-state index is 0.103. The van der Waals surface area contributed by atoms with Gasteiger partial charge in [-0.2, -0.15) is 0 Å². The van der Waals surface area contributed by atoms with E-state index < -0.39 is 11.9 Å². The molecule has 3 aliphatic rings. The van der Waals surface area contributed by atoms with Gasteiger partial charge in [0.05, 0.1) is 5.56 Å². The van der Waals surface area contributed by atoms with Crippen LogP contribution in [0.1, 0.15) is 192 Å². The van der Waals surface area contributed by atoms with Crippen molar-refractivity contribution in [1.82, 2.24) is 0 Å². The van der Waals surface area contributed by atoms with E-state index in [1.54, 1.807) is 0 Å². The molecular formula is C62H80O12. The van der Waals surface area contributed by atoms with Crippen molar-refractivity contribution in [3.63, 3.8) is 0 Å². The van der Waals surface area contributed by atoms with Crippen LogP contribution in [0.25, 0.3) is 11.1 Å². The van der Waals surface area contributed by atoms with Crippen LogP contribution in [-0.4, -0.2) is 58.4 Å². The van der Waals surface area contributed by atoms with Crippen LogP contribution in [0, 0.1) is 12.8 Å². The van der Waals surface area contributed by atoms with E-state index in [4.69, 9.17) is 19.7 Å². The predicted molar refractivity (Wildman–Crippen MR) is 292 cm³/mol. The molecular weight excluding hydrogens is 937 g/mol. The van der Waals surface area contributed by atoms with Gasteiger partial charge in [-0.05, 0) is 157 Å². The molecule has 12 nitrogen and oxygen atoms in total. The number of unbranched alkanes of at least 4 members (excludes halogenated alkanes) is 4. The molecule has 0 amide bonds. The Morgan fingerprint density at radius 3 is 1.69 bits per heavy atom. The molecule has 0 aromatic heterocycles. The molecule has 2 aliphatic heterocycles. The number of aryl methyl sites for hydroxylation is 5. The molecule has 5 aromatic rings. The second-order valence-electron chi connectivity index (χ2n) is 21.1. The van der Waals surface area contributed by atoms with Gasteiger partial charge < -0.3 is 50.3 Å². The number of phenolic OH excluding ortho intramolecular Hbond substituents is 4. The number of hydrogen-bond acceptors (Lipinski definition) is 10. The molecule has 0 saturated carbocycles. The largest absolute Gasteiger partial charge is 0.508 e. The SMILES string of the molecule is CCCCCc1cc(O)c2c(c1)OC(C)(C)c1ccc(C)cc1-2.CCCCCc1cc(O)cc(O)c1C(=O)O.CCCc1cc(O)c2c(c1)OC(C)(C)C1CCC(C)=CC21.CCCc1cc(O)cc(O)c1C(=O)O. The highest BCUT2D eigenvalue weighted by Gasteiger charge is 2.45. The van der Waals surface area contributed by atoms with Gasteiger partial charge in [0.2, 0.25) is 0 Å². The molecule has 0 spiro atoms. The number of carboxylic acid groups (broad SMARTS) is 2. The first-order chi connectivity index (χ1) is 35.0. The average Bonchev–Trinajstić information content (AvgIpc) is 3.28. The molecule has 8 rings (SSSR count). The monoisotopic (exact) mass is 1020 g/mol. The number of rotatable bonds is 14. The summed E-state index contributed by atoms with van der Waals surface area (Å²) in [4.78, 5) is 21.7. The van der Waals surface area contributed by atoms with Gasteiger partial charge in [0, 0.05) is 35.1 Å². The van der Waals surface area contributed by atoms with E-state index in [0.29, 0.717) is 41.4 Å². The lowest BCUT2D eigenvalue weighted by molar-refractivity contribution is 0.0107. The molecule has 2 heterocycles. The van der Waals surface area contributed by atoms with Gasteiger partial charge in [-0.1, -0.05) is 102 Å². The van der Waals surface area contributed by atoms with Crippen LogP contribution in [0.3, 0.4) is 0 Å². The lowest BCUT2D eigenvalue weighted by Crippen LogP contribution is -2.45. The van der Waals surface area contributed by atoms with Crippen molar-refractivity contribution in [3.8, 4) is 57.1 Å². The Morgan fingerprint density at radius 1 is 0.581 bits per heavy atom. The third kappa shape index (κ3) is 14.3. The highest BCUT2D eigenvalue weighted by molar-refractivity contribution is 5.93. The van der Waals surface area contributed by atoms with E-state index in [-0.39, 0.29) is 51.2 Å². The average molecular weight is 1020 g/mol. The number of allylic oxidation sites excluding steroid dienone is 2. The maximum atomic E-state index is 10.9. The van der Waals surface area contributed by atoms with Gasteiger partial charge in [-0.25, -0.2) is 9.59 Å². The summed E-state index contributed by atoms with van der Waals surface area (Å²) in [7, 11) is 0. The van der Waals surface area contributed by atoms with Crippen molar-refractivity contribution in [1.29, 1.82) is 0 Å². The quantitative estimate of drug-likeness (QED) is 0.0385. The first kappa shape index (κ1) is 58.1. The second-order valence-corrected chi connectivity index (χ2v) is 21.1. The van der Waals surface area contributed by atoms with Crippen molar-refractivity contribution >= 4 is 11.9 Å². The Hall–Kier alpha value is -6.82. The van der Waals surface area contributed by atoms with Crippen LogP contribution < -0.4 is 9.47 Å². The number of aromatic carboxylic acids is 2. The van der Waals surface area contributed by atoms with Crippen LogP contribution >= 0.6 is 0 Å². The smallest absolute Gasteiger partial charge is 0.339 e. The maximum Gasteiger partial charge on any atom is 0.339 e. The molecule has 8 N–H and O–H groups in total. The second kappa shape index (κ2) is 25.4. The van der Waals surface area contributed by atoms with Gasteiger partial charge in [-0.3, -0.25) is 0 Å². The van der Waals surface area contributed by atoms with Gasteiger partial charge in [-0.15, -0.1) is 0 Å². The summed E-state index contributed by atoms with van der Waals surface area (Å²) < 4.78 is 12.6. The fourth-order valence-electron chi connectivity index (χ4n) is 10.5. The summed E-state index contributed by atoms with van der Waals surface area (Å²) in [5, 5.41) is 76.2. The number of carbonyl (C=O) groups is 2. The van der Waals surface area contributed by atoms with Crippen LogP contribution in [0.15, 0.2) is 78.4 Å². The Morgan fingerprint density at radius 2 is 1.12 bits per heavy atom. The fraction of sp³-hybridized carbons (Fsp3) is 0.452. The predicted octanol–water partition coefficient (Wildman–Crippen LogP) is 15.0. The Labute approximate surface area is 438 Å². The molecule has 2 atom stereocenters. The van der Waals surface area contributed by atoms with E-state index in [1.807, 2.05) is 19.1 Å². The number of aromatic hydroxyl groups is 6. The molecule has 0 fully saturated rings.